The van der Waals surface area contributed by atoms with Crippen LogP contribution in [0, 0.1) is 11.6 Å². The first kappa shape index (κ1) is 26.0. The molecule has 0 saturated carbocycles. The first-order valence-electron chi connectivity index (χ1n) is 12.5. The lowest BCUT2D eigenvalue weighted by Gasteiger charge is -2.36. The summed E-state index contributed by atoms with van der Waals surface area (Å²) in [5, 5.41) is 9.27. The van der Waals surface area contributed by atoms with E-state index in [1.165, 1.54) is 12.1 Å². The second kappa shape index (κ2) is 11.8. The van der Waals surface area contributed by atoms with Gasteiger partial charge in [0.15, 0.2) is 0 Å². The third-order valence-corrected chi connectivity index (χ3v) is 6.75. The zero-order valence-corrected chi connectivity index (χ0v) is 20.8. The van der Waals surface area contributed by atoms with Crippen LogP contribution in [-0.4, -0.2) is 42.6 Å². The minimum Gasteiger partial charge on any atom is -0.443 e. The quantitative estimate of drug-likeness (QED) is 0.380. The fourth-order valence-electron chi connectivity index (χ4n) is 4.66. The van der Waals surface area contributed by atoms with Crippen molar-refractivity contribution in [2.24, 2.45) is 5.10 Å². The Kier molecular flexibility index (Phi) is 8.48. The first-order chi connectivity index (χ1) is 17.4. The Labute approximate surface area is 211 Å². The molecule has 1 aliphatic carbocycles. The maximum absolute atomic E-state index is 14.7. The molecule has 2 aromatic rings. The number of methoxy groups -OCH3 is 1. The molecule has 1 amide bonds. The molecule has 36 heavy (non-hydrogen) atoms. The molecule has 0 bridgehead atoms. The molecule has 2 atom stereocenters. The normalized spacial score (nSPS) is 21.1. The summed E-state index contributed by atoms with van der Waals surface area (Å²) >= 11 is 0. The average Bonchev–Trinajstić information content (AvgIpc) is 3.09. The van der Waals surface area contributed by atoms with E-state index < -0.39 is 29.4 Å². The fourth-order valence-corrected chi connectivity index (χ4v) is 4.66. The summed E-state index contributed by atoms with van der Waals surface area (Å²) in [5.74, 6) is -1.89. The molecule has 1 unspecified atom stereocenters. The number of carbonyl (C=O) groups excluding carboxylic acids is 1. The van der Waals surface area contributed by atoms with Gasteiger partial charge >= 0.3 is 0 Å². The Bertz CT molecular complexity index is 1100. The van der Waals surface area contributed by atoms with Gasteiger partial charge in [-0.15, -0.1) is 5.10 Å². The monoisotopic (exact) mass is 497 g/mol. The third-order valence-electron chi connectivity index (χ3n) is 6.75. The molecule has 0 aromatic heterocycles. The number of benzene rings is 2. The van der Waals surface area contributed by atoms with E-state index in [-0.39, 0.29) is 11.5 Å². The number of amides is 1. The smallest absolute Gasteiger partial charge is 0.275 e. The number of halogens is 2. The Balaban J connectivity index is 1.64. The Morgan fingerprint density at radius 1 is 1.19 bits per heavy atom. The second-order valence-corrected chi connectivity index (χ2v) is 9.19. The van der Waals surface area contributed by atoms with Gasteiger partial charge in [-0.05, 0) is 63.8 Å². The van der Waals surface area contributed by atoms with Crippen LogP contribution in [0.5, 0.6) is 0 Å². The Hall–Kier alpha value is -3.10. The summed E-state index contributed by atoms with van der Waals surface area (Å²) in [4.78, 5) is 13.4. The van der Waals surface area contributed by atoms with E-state index in [1.807, 2.05) is 30.3 Å². The lowest BCUT2D eigenvalue weighted by atomic mass is 9.95. The maximum Gasteiger partial charge on any atom is 0.275 e. The van der Waals surface area contributed by atoms with Gasteiger partial charge in [-0.2, -0.15) is 5.01 Å². The van der Waals surface area contributed by atoms with E-state index in [4.69, 9.17) is 9.47 Å². The molecule has 6 nitrogen and oxygen atoms in total. The van der Waals surface area contributed by atoms with Gasteiger partial charge in [-0.3, -0.25) is 4.79 Å². The van der Waals surface area contributed by atoms with Crippen molar-refractivity contribution in [2.45, 2.75) is 63.3 Å². The van der Waals surface area contributed by atoms with Gasteiger partial charge in [0.05, 0.1) is 5.56 Å². The van der Waals surface area contributed by atoms with Crippen molar-refractivity contribution in [1.29, 1.82) is 0 Å². The molecule has 2 aliphatic rings. The van der Waals surface area contributed by atoms with Crippen LogP contribution in [0.15, 0.2) is 65.8 Å². The molecule has 2 aromatic carbocycles. The van der Waals surface area contributed by atoms with Crippen molar-refractivity contribution in [1.82, 2.24) is 10.3 Å². The van der Waals surface area contributed by atoms with E-state index in [0.29, 0.717) is 31.0 Å². The number of carbonyl (C=O) groups is 1. The lowest BCUT2D eigenvalue weighted by Crippen LogP contribution is -2.49. The van der Waals surface area contributed by atoms with Gasteiger partial charge in [-0.25, -0.2) is 8.78 Å². The minimum atomic E-state index is -1.33. The minimum absolute atomic E-state index is 0.139. The molecule has 192 valence electrons. The summed E-state index contributed by atoms with van der Waals surface area (Å²) in [7, 11) is 1.44. The molecule has 1 N–H and O–H groups in total. The number of hydrazone groups is 1. The highest BCUT2D eigenvalue weighted by atomic mass is 19.1. The van der Waals surface area contributed by atoms with E-state index in [1.54, 1.807) is 6.92 Å². The van der Waals surface area contributed by atoms with Gasteiger partial charge in [0.2, 0.25) is 11.6 Å². The molecule has 0 saturated heterocycles. The lowest BCUT2D eigenvalue weighted by molar-refractivity contribution is -0.162. The molecule has 8 heteroatoms. The molecule has 0 spiro atoms. The molecule has 4 rings (SSSR count). The van der Waals surface area contributed by atoms with E-state index in [9.17, 15) is 13.6 Å². The zero-order valence-electron chi connectivity index (χ0n) is 20.8. The molecular formula is C28H33F2N3O3. The fraction of sp³-hybridized carbons (Fsp3) is 0.429. The summed E-state index contributed by atoms with van der Waals surface area (Å²) in [6, 6.07) is 12.8. The summed E-state index contributed by atoms with van der Waals surface area (Å²) in [6.07, 6.45) is 8.97. The molecular weight excluding hydrogens is 464 g/mol. The predicted molar refractivity (Wildman–Crippen MR) is 134 cm³/mol. The summed E-state index contributed by atoms with van der Waals surface area (Å²) in [6.45, 7) is 2.34. The first-order valence-corrected chi connectivity index (χ1v) is 12.5. The predicted octanol–water partition coefficient (Wildman–Crippen LogP) is 5.24. The van der Waals surface area contributed by atoms with Crippen LogP contribution in [-0.2, 0) is 20.0 Å². The third kappa shape index (κ3) is 5.65. The largest absolute Gasteiger partial charge is 0.443 e. The Morgan fingerprint density at radius 2 is 1.92 bits per heavy atom. The summed E-state index contributed by atoms with van der Waals surface area (Å²) in [5.41, 5.74) is -0.776. The van der Waals surface area contributed by atoms with Crippen LogP contribution in [0.4, 0.5) is 8.78 Å². The van der Waals surface area contributed by atoms with Crippen molar-refractivity contribution in [3.8, 4) is 0 Å². The molecule has 1 heterocycles. The van der Waals surface area contributed by atoms with Crippen LogP contribution in [0.2, 0.25) is 0 Å². The number of allylic oxidation sites excluding steroid dienone is 2. The number of rotatable bonds is 9. The van der Waals surface area contributed by atoms with Crippen molar-refractivity contribution in [2.75, 3.05) is 13.7 Å². The van der Waals surface area contributed by atoms with Crippen LogP contribution >= 0.6 is 0 Å². The van der Waals surface area contributed by atoms with Gasteiger partial charge < -0.3 is 14.8 Å². The summed E-state index contributed by atoms with van der Waals surface area (Å²) < 4.78 is 40.4. The average molecular weight is 498 g/mol. The van der Waals surface area contributed by atoms with Crippen LogP contribution in [0.1, 0.15) is 56.6 Å². The maximum atomic E-state index is 14.7. The number of nitrogens with one attached hydrogen (secondary N) is 1. The van der Waals surface area contributed by atoms with Crippen molar-refractivity contribution >= 4 is 11.8 Å². The van der Waals surface area contributed by atoms with E-state index in [2.05, 4.69) is 22.6 Å². The van der Waals surface area contributed by atoms with E-state index in [0.717, 1.165) is 43.9 Å². The van der Waals surface area contributed by atoms with E-state index >= 15 is 0 Å². The molecule has 0 radical (unpaired) electrons. The van der Waals surface area contributed by atoms with Crippen LogP contribution in [0.3, 0.4) is 0 Å². The highest BCUT2D eigenvalue weighted by molar-refractivity contribution is 5.97. The topological polar surface area (TPSA) is 63.2 Å². The number of hydrogen-bond donors (Lipinski definition) is 1. The molecule has 1 aliphatic heterocycles. The van der Waals surface area contributed by atoms with Gasteiger partial charge in [-0.1, -0.05) is 42.5 Å². The van der Waals surface area contributed by atoms with Gasteiger partial charge in [0.1, 0.15) is 17.7 Å². The SMILES string of the molecule is CO[C@@H](C)C(=O)N1N=C(c2cc(F)ccc2F)OC1(CCCNC1CCC=CCC1)c1ccccc1. The van der Waals surface area contributed by atoms with Crippen LogP contribution in [0.25, 0.3) is 0 Å². The van der Waals surface area contributed by atoms with Gasteiger partial charge in [0.25, 0.3) is 5.91 Å². The standard InChI is InChI=1S/C28H33F2N3O3/c1-20(35-2)27(34)33-28(21-11-6-5-7-12-21,17-10-18-31-23-13-8-3-4-9-14-23)36-26(32-33)24-19-22(29)15-16-25(24)30/h3-7,11-12,15-16,19-20,23,31H,8-10,13-14,17-18H2,1-2H3/t20-,28?/m0/s1. The highest BCUT2D eigenvalue weighted by Crippen LogP contribution is 2.41. The van der Waals surface area contributed by atoms with Crippen molar-refractivity contribution in [3.05, 3.63) is 83.4 Å². The van der Waals surface area contributed by atoms with Crippen molar-refractivity contribution in [3.63, 3.8) is 0 Å². The van der Waals surface area contributed by atoms with Crippen molar-refractivity contribution < 1.29 is 23.0 Å². The number of nitrogens with zero attached hydrogens (tertiary/aromatic N) is 2. The molecule has 0 fully saturated rings. The zero-order chi connectivity index (χ0) is 25.5. The Morgan fingerprint density at radius 3 is 2.61 bits per heavy atom. The second-order valence-electron chi connectivity index (χ2n) is 9.19. The number of hydrogen-bond acceptors (Lipinski definition) is 5. The van der Waals surface area contributed by atoms with Gasteiger partial charge in [0, 0.05) is 25.1 Å². The highest BCUT2D eigenvalue weighted by Gasteiger charge is 2.50. The van der Waals surface area contributed by atoms with Crippen LogP contribution < -0.4 is 5.32 Å². The number of ether oxygens (including phenoxy) is 2.